The molecule has 7 nitrogen and oxygen atoms in total. The molecule has 1 unspecified atom stereocenters. The summed E-state index contributed by atoms with van der Waals surface area (Å²) in [5.74, 6) is 0.477. The fourth-order valence-electron chi connectivity index (χ4n) is 4.04. The van der Waals surface area contributed by atoms with Gasteiger partial charge in [-0.25, -0.2) is 4.98 Å². The summed E-state index contributed by atoms with van der Waals surface area (Å²) in [5.41, 5.74) is 2.43. The highest BCUT2D eigenvalue weighted by atomic mass is 32.2. The second kappa shape index (κ2) is 11.3. The lowest BCUT2D eigenvalue weighted by Gasteiger charge is -2.28. The van der Waals surface area contributed by atoms with E-state index in [0.29, 0.717) is 5.75 Å². The van der Waals surface area contributed by atoms with Gasteiger partial charge in [0.2, 0.25) is 0 Å². The van der Waals surface area contributed by atoms with Crippen LogP contribution in [-0.2, 0) is 14.3 Å². The fraction of sp³-hybridized carbons (Fsp3) is 0.276. The molecule has 1 aromatic heterocycles. The van der Waals surface area contributed by atoms with Crippen LogP contribution in [0.1, 0.15) is 20.8 Å². The van der Waals surface area contributed by atoms with Crippen molar-refractivity contribution in [1.29, 1.82) is 0 Å². The van der Waals surface area contributed by atoms with E-state index >= 15 is 0 Å². The van der Waals surface area contributed by atoms with Crippen molar-refractivity contribution in [1.82, 2.24) is 4.98 Å². The highest BCUT2D eigenvalue weighted by molar-refractivity contribution is 7.86. The van der Waals surface area contributed by atoms with E-state index in [1.807, 2.05) is 24.3 Å². The number of aromatic nitrogens is 1. The molecule has 0 fully saturated rings. The van der Waals surface area contributed by atoms with E-state index in [0.717, 1.165) is 35.2 Å². The molecular weight excluding hydrogens is 488 g/mol. The summed E-state index contributed by atoms with van der Waals surface area (Å²) in [6, 6.07) is 25.5. The molecule has 4 rings (SSSR count). The van der Waals surface area contributed by atoms with Crippen LogP contribution in [0.5, 0.6) is 5.75 Å². The lowest BCUT2D eigenvalue weighted by molar-refractivity contribution is -0.00885. The average Bonchev–Trinajstić information content (AvgIpc) is 2.93. The van der Waals surface area contributed by atoms with Gasteiger partial charge in [0, 0.05) is 29.7 Å². The summed E-state index contributed by atoms with van der Waals surface area (Å²) < 4.78 is 36.5. The number of rotatable bonds is 11. The number of anilines is 1. The predicted molar refractivity (Wildman–Crippen MR) is 146 cm³/mol. The number of benzene rings is 3. The Kier molecular flexibility index (Phi) is 8.12. The molecule has 0 amide bonds. The zero-order valence-corrected chi connectivity index (χ0v) is 22.1. The van der Waals surface area contributed by atoms with Gasteiger partial charge in [-0.1, -0.05) is 36.4 Å². The molecule has 37 heavy (non-hydrogen) atoms. The Balaban J connectivity index is 1.55. The third kappa shape index (κ3) is 6.10. The summed E-state index contributed by atoms with van der Waals surface area (Å²) in [6.07, 6.45) is 0. The molecule has 194 valence electrons. The zero-order chi connectivity index (χ0) is 26.5. The van der Waals surface area contributed by atoms with Crippen LogP contribution < -0.4 is 9.64 Å². The van der Waals surface area contributed by atoms with E-state index in [9.17, 15) is 13.5 Å². The minimum Gasteiger partial charge on any atom is -0.482 e. The second-order valence-electron chi connectivity index (χ2n) is 8.98. The quantitative estimate of drug-likeness (QED) is 0.269. The van der Waals surface area contributed by atoms with E-state index < -0.39 is 22.3 Å². The van der Waals surface area contributed by atoms with Crippen molar-refractivity contribution in [3.63, 3.8) is 0 Å². The van der Waals surface area contributed by atoms with Crippen molar-refractivity contribution in [3.05, 3.63) is 84.9 Å². The molecule has 4 aromatic rings. The number of ether oxygens (including phenoxy) is 1. The number of aliphatic hydroxyl groups is 1. The average molecular weight is 521 g/mol. The van der Waals surface area contributed by atoms with Crippen LogP contribution in [-0.4, -0.2) is 50.4 Å². The maximum absolute atomic E-state index is 12.6. The van der Waals surface area contributed by atoms with Gasteiger partial charge >= 0.3 is 0 Å². The summed E-state index contributed by atoms with van der Waals surface area (Å²) >= 11 is 0. The Morgan fingerprint density at radius 1 is 0.892 bits per heavy atom. The number of nitrogens with zero attached hydrogens (tertiary/aromatic N) is 2. The summed E-state index contributed by atoms with van der Waals surface area (Å²) in [7, 11) is -3.99. The zero-order valence-electron chi connectivity index (χ0n) is 21.3. The number of fused-ring (bicyclic) bond motifs is 1. The van der Waals surface area contributed by atoms with E-state index in [1.165, 1.54) is 17.8 Å². The third-order valence-corrected chi connectivity index (χ3v) is 7.50. The molecule has 0 radical (unpaired) electrons. The van der Waals surface area contributed by atoms with Crippen molar-refractivity contribution < 1.29 is 22.4 Å². The van der Waals surface area contributed by atoms with Crippen LogP contribution in [0.15, 0.2) is 89.8 Å². The van der Waals surface area contributed by atoms with Gasteiger partial charge in [-0.15, -0.1) is 0 Å². The van der Waals surface area contributed by atoms with Gasteiger partial charge in [0.1, 0.15) is 12.4 Å². The van der Waals surface area contributed by atoms with E-state index in [4.69, 9.17) is 13.9 Å². The van der Waals surface area contributed by atoms with Crippen LogP contribution in [0.25, 0.3) is 22.2 Å². The maximum atomic E-state index is 12.6. The first-order chi connectivity index (χ1) is 17.8. The molecule has 0 bridgehead atoms. The minimum absolute atomic E-state index is 0.0438. The Morgan fingerprint density at radius 2 is 1.59 bits per heavy atom. The lowest BCUT2D eigenvalue weighted by atomic mass is 10.1. The van der Waals surface area contributed by atoms with Crippen molar-refractivity contribution in [2.24, 2.45) is 0 Å². The molecule has 0 aliphatic rings. The van der Waals surface area contributed by atoms with Gasteiger partial charge in [-0.2, -0.15) is 8.42 Å². The van der Waals surface area contributed by atoms with Crippen LogP contribution in [0, 0.1) is 0 Å². The van der Waals surface area contributed by atoms with Crippen LogP contribution >= 0.6 is 0 Å². The summed E-state index contributed by atoms with van der Waals surface area (Å²) in [6.45, 7) is 6.97. The van der Waals surface area contributed by atoms with Crippen molar-refractivity contribution in [2.45, 2.75) is 31.3 Å². The van der Waals surface area contributed by atoms with Crippen molar-refractivity contribution in [2.75, 3.05) is 31.2 Å². The highest BCUT2D eigenvalue weighted by Crippen LogP contribution is 2.31. The first kappa shape index (κ1) is 26.6. The molecule has 1 N–H and O–H groups in total. The van der Waals surface area contributed by atoms with Crippen LogP contribution in [0.3, 0.4) is 0 Å². The summed E-state index contributed by atoms with van der Waals surface area (Å²) in [4.78, 5) is 7.15. The normalized spacial score (nSPS) is 13.3. The third-order valence-electron chi connectivity index (χ3n) is 6.23. The van der Waals surface area contributed by atoms with Gasteiger partial charge < -0.3 is 14.7 Å². The van der Waals surface area contributed by atoms with E-state index in [2.05, 4.69) is 43.0 Å². The SMILES string of the molecule is CCN(CC)c1ccc(-c2ccc3c(OC(C)(CO)COS(=O)(=O)c4ccccc4)cccc3n2)cc1. The van der Waals surface area contributed by atoms with Gasteiger partial charge in [0.15, 0.2) is 5.60 Å². The molecule has 0 saturated carbocycles. The molecule has 0 aliphatic carbocycles. The molecule has 1 atom stereocenters. The molecule has 1 heterocycles. The molecule has 8 heteroatoms. The van der Waals surface area contributed by atoms with E-state index in [1.54, 1.807) is 31.2 Å². The van der Waals surface area contributed by atoms with Crippen molar-refractivity contribution in [3.8, 4) is 17.0 Å². The molecular formula is C29H32N2O5S. The Morgan fingerprint density at radius 3 is 2.24 bits per heavy atom. The predicted octanol–water partition coefficient (Wildman–Crippen LogP) is 5.28. The molecule has 3 aromatic carbocycles. The first-order valence-corrected chi connectivity index (χ1v) is 13.7. The van der Waals surface area contributed by atoms with Gasteiger partial charge in [-0.05, 0) is 69.3 Å². The monoisotopic (exact) mass is 520 g/mol. The van der Waals surface area contributed by atoms with Crippen molar-refractivity contribution >= 4 is 26.7 Å². The molecule has 0 aliphatic heterocycles. The minimum atomic E-state index is -3.99. The largest absolute Gasteiger partial charge is 0.482 e. The standard InChI is InChI=1S/C29H32N2O5S/c1-4-31(5-2)23-16-14-22(15-17-23)26-19-18-25-27(30-26)12-9-13-28(25)36-29(3,20-32)21-35-37(33,34)24-10-7-6-8-11-24/h6-19,32H,4-5,20-21H2,1-3H3. The highest BCUT2D eigenvalue weighted by Gasteiger charge is 2.30. The fourth-order valence-corrected chi connectivity index (χ4v) is 5.07. The number of hydrogen-bond donors (Lipinski definition) is 1. The lowest BCUT2D eigenvalue weighted by Crippen LogP contribution is -2.42. The second-order valence-corrected chi connectivity index (χ2v) is 10.6. The Hall–Kier alpha value is -3.46. The van der Waals surface area contributed by atoms with Gasteiger partial charge in [0.05, 0.1) is 22.7 Å². The van der Waals surface area contributed by atoms with Crippen LogP contribution in [0.2, 0.25) is 0 Å². The summed E-state index contributed by atoms with van der Waals surface area (Å²) in [5, 5.41) is 10.8. The first-order valence-electron chi connectivity index (χ1n) is 12.3. The maximum Gasteiger partial charge on any atom is 0.297 e. The number of hydrogen-bond acceptors (Lipinski definition) is 7. The molecule has 0 spiro atoms. The molecule has 0 saturated heterocycles. The van der Waals surface area contributed by atoms with Gasteiger partial charge in [-0.3, -0.25) is 4.18 Å². The van der Waals surface area contributed by atoms with Gasteiger partial charge in [0.25, 0.3) is 10.1 Å². The number of pyridine rings is 1. The smallest absolute Gasteiger partial charge is 0.297 e. The number of aliphatic hydroxyl groups excluding tert-OH is 1. The van der Waals surface area contributed by atoms with E-state index in [-0.39, 0.29) is 11.5 Å². The Labute approximate surface area is 218 Å². The Bertz CT molecular complexity index is 1440. The topological polar surface area (TPSA) is 89.0 Å². The van der Waals surface area contributed by atoms with Crippen LogP contribution in [0.4, 0.5) is 5.69 Å².